The van der Waals surface area contributed by atoms with Gasteiger partial charge in [0.15, 0.2) is 5.76 Å². The number of aromatic amines is 1. The number of rotatable bonds is 3. The lowest BCUT2D eigenvalue weighted by atomic mass is 10.1. The molecule has 6 nitrogen and oxygen atoms in total. The van der Waals surface area contributed by atoms with E-state index in [-0.39, 0.29) is 11.6 Å². The number of hydrogen-bond acceptors (Lipinski definition) is 5. The van der Waals surface area contributed by atoms with Crippen LogP contribution in [0.5, 0.6) is 11.6 Å². The summed E-state index contributed by atoms with van der Waals surface area (Å²) in [5.41, 5.74) is 2.72. The van der Waals surface area contributed by atoms with E-state index in [9.17, 15) is 9.90 Å². The minimum atomic E-state index is -0.697. The zero-order valence-corrected chi connectivity index (χ0v) is 11.2. The van der Waals surface area contributed by atoms with Gasteiger partial charge >= 0.3 is 5.76 Å². The second-order valence-electron chi connectivity index (χ2n) is 4.35. The van der Waals surface area contributed by atoms with Gasteiger partial charge < -0.3 is 14.3 Å². The first-order chi connectivity index (χ1) is 10.2. The van der Waals surface area contributed by atoms with Gasteiger partial charge in [-0.05, 0) is 24.3 Å². The number of nitrogens with zero attached hydrogens (tertiary/aromatic N) is 1. The molecular formula is C15H12N2O4. The molecule has 1 aromatic carbocycles. The van der Waals surface area contributed by atoms with Gasteiger partial charge in [-0.15, -0.1) is 0 Å². The third-order valence-electron chi connectivity index (χ3n) is 3.04. The second kappa shape index (κ2) is 5.16. The van der Waals surface area contributed by atoms with Crippen LogP contribution >= 0.6 is 0 Å². The predicted molar refractivity (Wildman–Crippen MR) is 79.2 cm³/mol. The van der Waals surface area contributed by atoms with E-state index in [1.807, 2.05) is 18.2 Å². The topological polar surface area (TPSA) is 87.8 Å². The number of H-pyrrole nitrogens is 1. The van der Waals surface area contributed by atoms with Gasteiger partial charge in [-0.25, -0.2) is 4.79 Å². The molecule has 0 bridgehead atoms. The number of aromatic hydroxyl groups is 1. The summed E-state index contributed by atoms with van der Waals surface area (Å²) >= 11 is 0. The van der Waals surface area contributed by atoms with E-state index in [2.05, 4.69) is 9.98 Å². The Hall–Kier alpha value is -3.02. The summed E-state index contributed by atoms with van der Waals surface area (Å²) in [7, 11) is 1.61. The SMILES string of the molecule is COc1ccc2c(c1)C(=CC=Cc1oc(=O)[nH]c1O)C=N2. The summed E-state index contributed by atoms with van der Waals surface area (Å²) in [5, 5.41) is 9.39. The average molecular weight is 284 g/mol. The minimum absolute atomic E-state index is 0.0812. The number of ether oxygens (including phenoxy) is 1. The van der Waals surface area contributed by atoms with E-state index in [1.54, 1.807) is 25.5 Å². The van der Waals surface area contributed by atoms with Crippen molar-refractivity contribution in [2.75, 3.05) is 7.11 Å². The van der Waals surface area contributed by atoms with Crippen LogP contribution in [0.2, 0.25) is 0 Å². The van der Waals surface area contributed by atoms with E-state index < -0.39 is 5.76 Å². The lowest BCUT2D eigenvalue weighted by molar-refractivity contribution is 0.415. The van der Waals surface area contributed by atoms with Crippen molar-refractivity contribution in [1.82, 2.24) is 4.98 Å². The first-order valence-electron chi connectivity index (χ1n) is 6.20. The summed E-state index contributed by atoms with van der Waals surface area (Å²) in [6, 6.07) is 5.63. The fourth-order valence-corrected chi connectivity index (χ4v) is 2.01. The first kappa shape index (κ1) is 13.0. The van der Waals surface area contributed by atoms with Crippen molar-refractivity contribution in [3.05, 3.63) is 52.2 Å². The highest BCUT2D eigenvalue weighted by Gasteiger charge is 2.12. The van der Waals surface area contributed by atoms with Crippen LogP contribution in [0.15, 0.2) is 44.6 Å². The van der Waals surface area contributed by atoms with Gasteiger partial charge in [-0.2, -0.15) is 0 Å². The van der Waals surface area contributed by atoms with Crippen LogP contribution in [0.3, 0.4) is 0 Å². The number of methoxy groups -OCH3 is 1. The smallest absolute Gasteiger partial charge is 0.419 e. The molecule has 0 spiro atoms. The number of aliphatic imine (C=N–C) groups is 1. The predicted octanol–water partition coefficient (Wildman–Crippen LogP) is 2.49. The number of benzene rings is 1. The van der Waals surface area contributed by atoms with Crippen LogP contribution in [-0.4, -0.2) is 23.4 Å². The fourth-order valence-electron chi connectivity index (χ4n) is 2.01. The summed E-state index contributed by atoms with van der Waals surface area (Å²) in [6.07, 6.45) is 6.71. The zero-order chi connectivity index (χ0) is 14.8. The van der Waals surface area contributed by atoms with Crippen molar-refractivity contribution in [1.29, 1.82) is 0 Å². The van der Waals surface area contributed by atoms with Crippen molar-refractivity contribution < 1.29 is 14.3 Å². The second-order valence-corrected chi connectivity index (χ2v) is 4.35. The van der Waals surface area contributed by atoms with Crippen molar-refractivity contribution in [2.24, 2.45) is 4.99 Å². The van der Waals surface area contributed by atoms with Crippen LogP contribution in [0.25, 0.3) is 11.6 Å². The number of aromatic nitrogens is 1. The maximum absolute atomic E-state index is 10.9. The number of fused-ring (bicyclic) bond motifs is 1. The summed E-state index contributed by atoms with van der Waals surface area (Å²) in [6.45, 7) is 0. The molecule has 106 valence electrons. The van der Waals surface area contributed by atoms with Crippen LogP contribution in [0.1, 0.15) is 11.3 Å². The van der Waals surface area contributed by atoms with Gasteiger partial charge in [0.2, 0.25) is 5.88 Å². The Kier molecular flexibility index (Phi) is 3.19. The Bertz CT molecular complexity index is 824. The molecule has 0 amide bonds. The number of hydrogen-bond donors (Lipinski definition) is 2. The van der Waals surface area contributed by atoms with Gasteiger partial charge in [0, 0.05) is 17.4 Å². The molecule has 1 aliphatic rings. The van der Waals surface area contributed by atoms with E-state index in [1.165, 1.54) is 6.08 Å². The van der Waals surface area contributed by atoms with Crippen LogP contribution in [-0.2, 0) is 0 Å². The van der Waals surface area contributed by atoms with E-state index in [0.717, 1.165) is 22.6 Å². The first-order valence-corrected chi connectivity index (χ1v) is 6.20. The van der Waals surface area contributed by atoms with Crippen LogP contribution in [0, 0.1) is 0 Å². The lowest BCUT2D eigenvalue weighted by Crippen LogP contribution is -1.92. The Morgan fingerprint density at radius 1 is 1.43 bits per heavy atom. The van der Waals surface area contributed by atoms with E-state index >= 15 is 0 Å². The molecule has 1 aromatic heterocycles. The van der Waals surface area contributed by atoms with Crippen LogP contribution < -0.4 is 10.5 Å². The third kappa shape index (κ3) is 2.51. The Balaban J connectivity index is 1.88. The molecule has 3 rings (SSSR count). The van der Waals surface area contributed by atoms with Crippen molar-refractivity contribution in [3.63, 3.8) is 0 Å². The molecule has 2 heterocycles. The standard InChI is InChI=1S/C15H12N2O4/c1-20-10-5-6-12-11(7-10)9(8-16-12)3-2-4-13-14(18)17-15(19)21-13/h2-8,18H,1H3,(H,17,19). The molecule has 2 aromatic rings. The zero-order valence-electron chi connectivity index (χ0n) is 11.2. The molecule has 0 saturated heterocycles. The van der Waals surface area contributed by atoms with Crippen molar-refractivity contribution >= 4 is 23.6 Å². The lowest BCUT2D eigenvalue weighted by Gasteiger charge is -2.03. The highest BCUT2D eigenvalue weighted by molar-refractivity contribution is 6.17. The minimum Gasteiger partial charge on any atom is -0.497 e. The largest absolute Gasteiger partial charge is 0.497 e. The Labute approximate surface area is 119 Å². The molecule has 0 unspecified atom stereocenters. The van der Waals surface area contributed by atoms with Gasteiger partial charge in [-0.3, -0.25) is 9.98 Å². The van der Waals surface area contributed by atoms with Crippen molar-refractivity contribution in [2.45, 2.75) is 0 Å². The summed E-state index contributed by atoms with van der Waals surface area (Å²) in [5.74, 6) is -0.157. The molecule has 0 aliphatic carbocycles. The molecule has 0 saturated carbocycles. The van der Waals surface area contributed by atoms with Crippen LogP contribution in [0.4, 0.5) is 5.69 Å². The Morgan fingerprint density at radius 2 is 2.29 bits per heavy atom. The van der Waals surface area contributed by atoms with E-state index in [0.29, 0.717) is 0 Å². The van der Waals surface area contributed by atoms with Gasteiger partial charge in [0.25, 0.3) is 0 Å². The molecule has 2 N–H and O–H groups in total. The van der Waals surface area contributed by atoms with Gasteiger partial charge in [0.05, 0.1) is 12.8 Å². The van der Waals surface area contributed by atoms with E-state index in [4.69, 9.17) is 9.15 Å². The average Bonchev–Trinajstić information content (AvgIpc) is 3.02. The quantitative estimate of drug-likeness (QED) is 0.906. The number of oxazole rings is 1. The molecule has 1 aliphatic heterocycles. The molecule has 6 heteroatoms. The maximum Gasteiger partial charge on any atom is 0.419 e. The highest BCUT2D eigenvalue weighted by atomic mass is 16.5. The number of nitrogens with one attached hydrogen (secondary N) is 1. The molecule has 0 atom stereocenters. The molecular weight excluding hydrogens is 272 g/mol. The molecule has 0 fully saturated rings. The van der Waals surface area contributed by atoms with Gasteiger partial charge in [-0.1, -0.05) is 12.2 Å². The monoisotopic (exact) mass is 284 g/mol. The molecule has 0 radical (unpaired) electrons. The van der Waals surface area contributed by atoms with Crippen molar-refractivity contribution in [3.8, 4) is 11.6 Å². The summed E-state index contributed by atoms with van der Waals surface area (Å²) in [4.78, 5) is 17.3. The highest BCUT2D eigenvalue weighted by Crippen LogP contribution is 2.34. The maximum atomic E-state index is 10.9. The Morgan fingerprint density at radius 3 is 3.00 bits per heavy atom. The fraction of sp³-hybridized carbons (Fsp3) is 0.0667. The number of allylic oxidation sites excluding steroid dienone is 3. The normalized spacial score (nSPS) is 15.0. The molecule has 21 heavy (non-hydrogen) atoms. The van der Waals surface area contributed by atoms with Gasteiger partial charge in [0.1, 0.15) is 5.75 Å². The summed E-state index contributed by atoms with van der Waals surface area (Å²) < 4.78 is 9.95. The third-order valence-corrected chi connectivity index (χ3v) is 3.04.